The zero-order valence-corrected chi connectivity index (χ0v) is 19.9. The predicted octanol–water partition coefficient (Wildman–Crippen LogP) is 4.55. The first-order valence-corrected chi connectivity index (χ1v) is 14.9. The lowest BCUT2D eigenvalue weighted by Crippen LogP contribution is -2.57. The average molecular weight is 444 g/mol. The fraction of sp³-hybridized carbons (Fsp3) is 0.385. The molecule has 2 bridgehead atoms. The fourth-order valence-corrected chi connectivity index (χ4v) is 5.11. The molecule has 3 aromatic rings. The van der Waals surface area contributed by atoms with Crippen LogP contribution < -0.4 is 5.32 Å². The van der Waals surface area contributed by atoms with E-state index in [-0.39, 0.29) is 11.9 Å². The maximum absolute atomic E-state index is 13.1. The number of carbonyl (C=O) groups excluding carboxylic acids is 1. The lowest BCUT2D eigenvalue weighted by molar-refractivity contribution is 0.0621. The molecule has 0 saturated carbocycles. The Bertz CT molecular complexity index is 1210. The Kier molecular flexibility index (Phi) is 5.40. The van der Waals surface area contributed by atoms with Crippen LogP contribution >= 0.6 is 0 Å². The van der Waals surface area contributed by atoms with Crippen molar-refractivity contribution in [3.63, 3.8) is 0 Å². The fourth-order valence-electron chi connectivity index (χ4n) is 4.59. The maximum atomic E-state index is 13.1. The van der Waals surface area contributed by atoms with Gasteiger partial charge in [-0.05, 0) is 68.2 Å². The highest BCUT2D eigenvalue weighted by Gasteiger charge is 2.35. The Morgan fingerprint density at radius 3 is 2.53 bits per heavy atom. The van der Waals surface area contributed by atoms with Gasteiger partial charge in [0.25, 0.3) is 5.91 Å². The van der Waals surface area contributed by atoms with Gasteiger partial charge in [0, 0.05) is 23.7 Å². The summed E-state index contributed by atoms with van der Waals surface area (Å²) in [6, 6.07) is 13.7. The third kappa shape index (κ3) is 4.36. The van der Waals surface area contributed by atoms with Crippen LogP contribution in [0.15, 0.2) is 46.9 Å². The van der Waals surface area contributed by atoms with E-state index in [1.165, 1.54) is 12.8 Å². The maximum Gasteiger partial charge on any atom is 0.253 e. The third-order valence-electron chi connectivity index (χ3n) is 6.35. The highest BCUT2D eigenvalue weighted by Crippen LogP contribution is 2.29. The molecule has 6 heteroatoms. The summed E-state index contributed by atoms with van der Waals surface area (Å²) in [5, 5.41) is 3.27. The SMILES string of the molecule is C[Si](C)(C)C#Cc1ccc(-c2nc3c(C(=O)NC4CN5CCC4CC5)cccc3o2)cc1. The largest absolute Gasteiger partial charge is 0.436 e. The van der Waals surface area contributed by atoms with Gasteiger partial charge in [-0.15, -0.1) is 5.54 Å². The van der Waals surface area contributed by atoms with E-state index in [2.05, 4.69) is 41.3 Å². The summed E-state index contributed by atoms with van der Waals surface area (Å²) in [5.41, 5.74) is 7.07. The number of oxazole rings is 1. The van der Waals surface area contributed by atoms with Gasteiger partial charge in [0.1, 0.15) is 13.6 Å². The minimum atomic E-state index is -1.41. The molecular weight excluding hydrogens is 414 g/mol. The van der Waals surface area contributed by atoms with Gasteiger partial charge in [-0.3, -0.25) is 4.79 Å². The van der Waals surface area contributed by atoms with Crippen molar-refractivity contribution in [3.8, 4) is 22.9 Å². The Balaban J connectivity index is 1.38. The molecule has 32 heavy (non-hydrogen) atoms. The van der Waals surface area contributed by atoms with Crippen LogP contribution in [0.5, 0.6) is 0 Å². The van der Waals surface area contributed by atoms with Crippen LogP contribution in [0.3, 0.4) is 0 Å². The summed E-state index contributed by atoms with van der Waals surface area (Å²) in [4.78, 5) is 20.3. The highest BCUT2D eigenvalue weighted by atomic mass is 28.3. The van der Waals surface area contributed by atoms with E-state index < -0.39 is 8.07 Å². The molecule has 3 aliphatic rings. The van der Waals surface area contributed by atoms with E-state index in [0.29, 0.717) is 28.5 Å². The number of carbonyl (C=O) groups is 1. The number of aromatic nitrogens is 1. The second-order valence-corrected chi connectivity index (χ2v) is 14.7. The van der Waals surface area contributed by atoms with Gasteiger partial charge >= 0.3 is 0 Å². The predicted molar refractivity (Wildman–Crippen MR) is 130 cm³/mol. The summed E-state index contributed by atoms with van der Waals surface area (Å²) < 4.78 is 6.01. The molecule has 3 fully saturated rings. The Morgan fingerprint density at radius 2 is 1.88 bits per heavy atom. The number of hydrogen-bond donors (Lipinski definition) is 1. The van der Waals surface area contributed by atoms with Gasteiger partial charge in [0.05, 0.1) is 5.56 Å². The van der Waals surface area contributed by atoms with Crippen molar-refractivity contribution in [2.75, 3.05) is 19.6 Å². The first-order chi connectivity index (χ1) is 15.4. The number of benzene rings is 2. The number of hydrogen-bond acceptors (Lipinski definition) is 4. The number of fused-ring (bicyclic) bond motifs is 4. The Morgan fingerprint density at radius 1 is 1.12 bits per heavy atom. The summed E-state index contributed by atoms with van der Waals surface area (Å²) in [6.45, 7) is 9.96. The van der Waals surface area contributed by atoms with Crippen LogP contribution in [-0.2, 0) is 0 Å². The molecule has 1 aromatic heterocycles. The van der Waals surface area contributed by atoms with Crippen molar-refractivity contribution in [2.45, 2.75) is 38.5 Å². The molecule has 6 rings (SSSR count). The van der Waals surface area contributed by atoms with E-state index >= 15 is 0 Å². The highest BCUT2D eigenvalue weighted by molar-refractivity contribution is 6.83. The van der Waals surface area contributed by atoms with Crippen molar-refractivity contribution in [2.24, 2.45) is 5.92 Å². The van der Waals surface area contributed by atoms with Gasteiger partial charge < -0.3 is 14.6 Å². The number of para-hydroxylation sites is 1. The van der Waals surface area contributed by atoms with E-state index in [9.17, 15) is 4.79 Å². The second kappa shape index (κ2) is 8.23. The molecule has 0 spiro atoms. The Hall–Kier alpha value is -2.88. The number of piperidine rings is 3. The van der Waals surface area contributed by atoms with Crippen molar-refractivity contribution in [1.82, 2.24) is 15.2 Å². The Labute approximate surface area is 190 Å². The molecule has 4 heterocycles. The molecule has 3 aliphatic heterocycles. The third-order valence-corrected chi connectivity index (χ3v) is 7.22. The molecule has 3 saturated heterocycles. The van der Waals surface area contributed by atoms with Crippen LogP contribution in [0.2, 0.25) is 19.6 Å². The monoisotopic (exact) mass is 443 g/mol. The average Bonchev–Trinajstić information content (AvgIpc) is 3.23. The standard InChI is InChI=1S/C26H29N3O2Si/c1-32(2,3)16-13-18-7-9-20(10-8-18)26-28-24-21(5-4-6-23(24)31-26)25(30)27-22-17-29-14-11-19(22)12-15-29/h4-10,19,22H,11-12,14-15,17H2,1-3H3,(H,27,30). The van der Waals surface area contributed by atoms with E-state index in [1.807, 2.05) is 42.5 Å². The first kappa shape index (κ1) is 21.0. The topological polar surface area (TPSA) is 58.4 Å². The van der Waals surface area contributed by atoms with Crippen LogP contribution in [0.25, 0.3) is 22.6 Å². The number of rotatable bonds is 3. The van der Waals surface area contributed by atoms with E-state index in [0.717, 1.165) is 30.8 Å². The zero-order valence-electron chi connectivity index (χ0n) is 18.9. The van der Waals surface area contributed by atoms with Gasteiger partial charge in [-0.1, -0.05) is 31.6 Å². The molecular formula is C26H29N3O2Si. The normalized spacial score (nSPS) is 22.4. The number of nitrogens with one attached hydrogen (secondary N) is 1. The van der Waals surface area contributed by atoms with Crippen molar-refractivity contribution in [3.05, 3.63) is 53.6 Å². The summed E-state index contributed by atoms with van der Waals surface area (Å²) in [6.07, 6.45) is 2.34. The molecule has 1 N–H and O–H groups in total. The zero-order chi connectivity index (χ0) is 22.3. The van der Waals surface area contributed by atoms with Gasteiger partial charge in [-0.2, -0.15) is 0 Å². The minimum Gasteiger partial charge on any atom is -0.436 e. The van der Waals surface area contributed by atoms with Crippen LogP contribution in [0.4, 0.5) is 0 Å². The lowest BCUT2D eigenvalue weighted by Gasteiger charge is -2.44. The van der Waals surface area contributed by atoms with Crippen LogP contribution in [0.1, 0.15) is 28.8 Å². The smallest absolute Gasteiger partial charge is 0.253 e. The van der Waals surface area contributed by atoms with Gasteiger partial charge in [0.15, 0.2) is 5.58 Å². The molecule has 5 nitrogen and oxygen atoms in total. The summed E-state index contributed by atoms with van der Waals surface area (Å²) in [5.74, 6) is 4.31. The first-order valence-electron chi connectivity index (χ1n) is 11.4. The molecule has 1 unspecified atom stereocenters. The van der Waals surface area contributed by atoms with Gasteiger partial charge in [0.2, 0.25) is 5.89 Å². The van der Waals surface area contributed by atoms with Crippen molar-refractivity contribution in [1.29, 1.82) is 0 Å². The van der Waals surface area contributed by atoms with Crippen molar-refractivity contribution < 1.29 is 9.21 Å². The molecule has 164 valence electrons. The summed E-state index contributed by atoms with van der Waals surface area (Å²) >= 11 is 0. The molecule has 1 atom stereocenters. The molecule has 0 aliphatic carbocycles. The molecule has 0 radical (unpaired) electrons. The minimum absolute atomic E-state index is 0.0637. The number of nitrogens with zero attached hydrogens (tertiary/aromatic N) is 2. The second-order valence-electron chi connectivity index (χ2n) is 9.97. The van der Waals surface area contributed by atoms with Crippen LogP contribution in [0, 0.1) is 17.4 Å². The van der Waals surface area contributed by atoms with E-state index in [1.54, 1.807) is 0 Å². The molecule has 1 amide bonds. The van der Waals surface area contributed by atoms with E-state index in [4.69, 9.17) is 9.40 Å². The lowest BCUT2D eigenvalue weighted by atomic mass is 9.84. The van der Waals surface area contributed by atoms with Crippen LogP contribution in [-0.4, -0.2) is 49.5 Å². The number of amides is 1. The van der Waals surface area contributed by atoms with Crippen molar-refractivity contribution >= 4 is 25.1 Å². The summed E-state index contributed by atoms with van der Waals surface area (Å²) in [7, 11) is -1.41. The van der Waals surface area contributed by atoms with Gasteiger partial charge in [-0.25, -0.2) is 4.98 Å². The quantitative estimate of drug-likeness (QED) is 0.477. The molecule has 2 aromatic carbocycles.